The van der Waals surface area contributed by atoms with Gasteiger partial charge in [-0.2, -0.15) is 0 Å². The zero-order chi connectivity index (χ0) is 36.1. The van der Waals surface area contributed by atoms with Crippen molar-refractivity contribution in [3.05, 3.63) is 95.9 Å². The molecule has 2 saturated heterocycles. The van der Waals surface area contributed by atoms with Gasteiger partial charge in [0.05, 0.1) is 74.8 Å². The second kappa shape index (κ2) is 14.8. The van der Waals surface area contributed by atoms with Crippen LogP contribution in [-0.2, 0) is 68.0 Å². The Bertz CT molecular complexity index is 1620. The van der Waals surface area contributed by atoms with Crippen LogP contribution in [0, 0.1) is 11.8 Å². The Kier molecular flexibility index (Phi) is 10.6. The maximum Gasteiger partial charge on any atom is 0.337 e. The summed E-state index contributed by atoms with van der Waals surface area (Å²) in [6.07, 6.45) is 12.2. The van der Waals surface area contributed by atoms with Crippen molar-refractivity contribution in [2.45, 2.75) is 48.7 Å². The van der Waals surface area contributed by atoms with Crippen LogP contribution in [-0.4, -0.2) is 76.5 Å². The van der Waals surface area contributed by atoms with Gasteiger partial charge in [0, 0.05) is 25.0 Å². The van der Waals surface area contributed by atoms with Crippen molar-refractivity contribution in [3.8, 4) is 0 Å². The van der Waals surface area contributed by atoms with Gasteiger partial charge in [0.2, 0.25) is 0 Å². The van der Waals surface area contributed by atoms with Crippen LogP contribution >= 0.6 is 0 Å². The highest BCUT2D eigenvalue weighted by Crippen LogP contribution is 2.52. The number of fused-ring (bicyclic) bond motifs is 4. The summed E-state index contributed by atoms with van der Waals surface area (Å²) in [6, 6.07) is 7.04. The summed E-state index contributed by atoms with van der Waals surface area (Å²) in [7, 11) is 5.15. The minimum absolute atomic E-state index is 0.339. The average Bonchev–Trinajstić information content (AvgIpc) is 3.87. The van der Waals surface area contributed by atoms with Crippen molar-refractivity contribution in [1.29, 1.82) is 0 Å². The lowest BCUT2D eigenvalue weighted by Crippen LogP contribution is -2.53. The van der Waals surface area contributed by atoms with E-state index in [0.717, 1.165) is 0 Å². The van der Waals surface area contributed by atoms with Gasteiger partial charge in [-0.05, 0) is 37.1 Å². The van der Waals surface area contributed by atoms with E-state index >= 15 is 0 Å². The molecule has 0 N–H and O–H groups in total. The van der Waals surface area contributed by atoms with Gasteiger partial charge in [0.15, 0.2) is 0 Å². The first kappa shape index (κ1) is 35.6. The second-order valence-electron chi connectivity index (χ2n) is 12.0. The third kappa shape index (κ3) is 6.65. The number of ether oxygens (including phenoxy) is 6. The van der Waals surface area contributed by atoms with Crippen LogP contribution < -0.4 is 0 Å². The monoisotopic (exact) mass is 692 g/mol. The standard InChI is InChI=1S/2C18H18O7/c2*1-22-15(19)6-3-7-18(14-5-4-8-24-14)10-13-11(16(20)23-2)9-12(18)17(21)25-13/h2*3-6,8-9,12-13H,7,10H2,1-2H3/b2*6-3+/t2*12-,13+,18-/m00/s1. The van der Waals surface area contributed by atoms with Crippen LogP contribution in [0.15, 0.2) is 93.2 Å². The van der Waals surface area contributed by atoms with E-state index in [0.29, 0.717) is 48.3 Å². The first-order valence-corrected chi connectivity index (χ1v) is 15.6. The minimum atomic E-state index is -0.731. The van der Waals surface area contributed by atoms with Gasteiger partial charge in [-0.25, -0.2) is 19.2 Å². The van der Waals surface area contributed by atoms with E-state index in [1.165, 1.54) is 53.1 Å². The Labute approximate surface area is 286 Å². The first-order chi connectivity index (χ1) is 24.0. The Hall–Kier alpha value is -5.66. The van der Waals surface area contributed by atoms with Gasteiger partial charge < -0.3 is 37.3 Å². The Morgan fingerprint density at radius 3 is 1.38 bits per heavy atom. The van der Waals surface area contributed by atoms with Crippen LogP contribution in [0.5, 0.6) is 0 Å². The van der Waals surface area contributed by atoms with Crippen LogP contribution in [0.3, 0.4) is 0 Å². The third-order valence-electron chi connectivity index (χ3n) is 9.44. The molecule has 0 spiro atoms. The molecular weight excluding hydrogens is 656 g/mol. The molecule has 14 heteroatoms. The van der Waals surface area contributed by atoms with E-state index in [4.69, 9.17) is 27.8 Å². The molecule has 6 aliphatic rings. The third-order valence-corrected chi connectivity index (χ3v) is 9.44. The van der Waals surface area contributed by atoms with Crippen molar-refractivity contribution in [3.63, 3.8) is 0 Å². The number of methoxy groups -OCH3 is 4. The molecule has 0 amide bonds. The van der Waals surface area contributed by atoms with Crippen molar-refractivity contribution >= 4 is 35.8 Å². The molecule has 264 valence electrons. The van der Waals surface area contributed by atoms with Crippen LogP contribution in [0.1, 0.15) is 37.2 Å². The molecule has 4 aliphatic heterocycles. The van der Waals surface area contributed by atoms with E-state index in [-0.39, 0.29) is 0 Å². The summed E-state index contributed by atoms with van der Waals surface area (Å²) >= 11 is 0. The molecule has 0 radical (unpaired) electrons. The van der Waals surface area contributed by atoms with Gasteiger partial charge in [-0.15, -0.1) is 0 Å². The molecule has 2 aliphatic carbocycles. The highest BCUT2D eigenvalue weighted by atomic mass is 16.6. The van der Waals surface area contributed by atoms with Crippen LogP contribution in [0.25, 0.3) is 0 Å². The number of esters is 6. The number of hydrogen-bond donors (Lipinski definition) is 0. The molecule has 2 aromatic rings. The number of carbonyl (C=O) groups excluding carboxylic acids is 6. The largest absolute Gasteiger partial charge is 0.469 e. The summed E-state index contributed by atoms with van der Waals surface area (Å²) in [5, 5.41) is 0. The summed E-state index contributed by atoms with van der Waals surface area (Å²) in [4.78, 5) is 71.3. The Morgan fingerprint density at radius 2 is 1.08 bits per heavy atom. The maximum absolute atomic E-state index is 12.4. The van der Waals surface area contributed by atoms with E-state index in [1.807, 2.05) is 0 Å². The summed E-state index contributed by atoms with van der Waals surface area (Å²) < 4.78 is 40.6. The van der Waals surface area contributed by atoms with Gasteiger partial charge in [-0.1, -0.05) is 24.3 Å². The van der Waals surface area contributed by atoms with E-state index < -0.39 is 70.7 Å². The molecule has 0 aromatic carbocycles. The van der Waals surface area contributed by atoms with Gasteiger partial charge in [0.25, 0.3) is 0 Å². The fourth-order valence-electron chi connectivity index (χ4n) is 7.01. The smallest absolute Gasteiger partial charge is 0.337 e. The molecule has 50 heavy (non-hydrogen) atoms. The first-order valence-electron chi connectivity index (χ1n) is 15.6. The predicted molar refractivity (Wildman–Crippen MR) is 168 cm³/mol. The Morgan fingerprint density at radius 1 is 0.680 bits per heavy atom. The lowest BCUT2D eigenvalue weighted by molar-refractivity contribution is -0.168. The molecule has 4 bridgehead atoms. The van der Waals surface area contributed by atoms with E-state index in [2.05, 4.69) is 9.47 Å². The molecule has 2 fully saturated rings. The molecule has 6 atom stereocenters. The second-order valence-corrected chi connectivity index (χ2v) is 12.0. The summed E-state index contributed by atoms with van der Waals surface area (Å²) in [5.41, 5.74) is -0.783. The van der Waals surface area contributed by atoms with Gasteiger partial charge in [-0.3, -0.25) is 9.59 Å². The van der Waals surface area contributed by atoms with Crippen molar-refractivity contribution in [2.24, 2.45) is 11.8 Å². The van der Waals surface area contributed by atoms with Crippen molar-refractivity contribution in [2.75, 3.05) is 28.4 Å². The lowest BCUT2D eigenvalue weighted by Gasteiger charge is -2.46. The van der Waals surface area contributed by atoms with Crippen molar-refractivity contribution < 1.29 is 66.0 Å². The number of furan rings is 2. The summed E-state index contributed by atoms with van der Waals surface area (Å²) in [6.45, 7) is 0. The van der Waals surface area contributed by atoms with Gasteiger partial charge >= 0.3 is 35.8 Å². The SMILES string of the molecule is COC(=O)/C=C/C[C@]1(c2ccco2)C[C@H]2OC(=O)[C@@H]1C=C2C(=O)OC.COC(=O)/C=C/C[C@]1(c2ccco2)C[C@H]2OC(=O)[C@@H]1C=C2C(=O)OC. The topological polar surface area (TPSA) is 184 Å². The molecule has 0 unspecified atom stereocenters. The minimum Gasteiger partial charge on any atom is -0.469 e. The fourth-order valence-corrected chi connectivity index (χ4v) is 7.01. The van der Waals surface area contributed by atoms with E-state index in [9.17, 15) is 28.8 Å². The zero-order valence-corrected chi connectivity index (χ0v) is 27.8. The van der Waals surface area contributed by atoms with Crippen LogP contribution in [0.2, 0.25) is 0 Å². The molecule has 8 rings (SSSR count). The van der Waals surface area contributed by atoms with E-state index in [1.54, 1.807) is 48.6 Å². The molecule has 14 nitrogen and oxygen atoms in total. The number of carbonyl (C=O) groups is 6. The maximum atomic E-state index is 12.4. The summed E-state index contributed by atoms with van der Waals surface area (Å²) in [5.74, 6) is -3.05. The predicted octanol–water partition coefficient (Wildman–Crippen LogP) is 3.36. The van der Waals surface area contributed by atoms with Gasteiger partial charge in [0.1, 0.15) is 23.7 Å². The average molecular weight is 693 g/mol. The number of hydrogen-bond acceptors (Lipinski definition) is 14. The highest BCUT2D eigenvalue weighted by Gasteiger charge is 2.58. The van der Waals surface area contributed by atoms with Crippen molar-refractivity contribution in [1.82, 2.24) is 0 Å². The normalized spacial score (nSPS) is 27.8. The molecule has 6 heterocycles. The molecule has 2 aromatic heterocycles. The fraction of sp³-hybridized carbons (Fsp3) is 0.389. The number of allylic oxidation sites excluding steroid dienone is 2. The molecule has 0 saturated carbocycles. The lowest BCUT2D eigenvalue weighted by atomic mass is 9.61. The number of rotatable bonds is 10. The zero-order valence-electron chi connectivity index (χ0n) is 27.8. The Balaban J connectivity index is 0.000000194. The highest BCUT2D eigenvalue weighted by molar-refractivity contribution is 5.95. The molecular formula is C36H36O14. The van der Waals surface area contributed by atoms with Crippen LogP contribution in [0.4, 0.5) is 0 Å². The quantitative estimate of drug-likeness (QED) is 0.201.